The lowest BCUT2D eigenvalue weighted by atomic mass is 9.96. The van der Waals surface area contributed by atoms with Crippen molar-refractivity contribution >= 4 is 15.9 Å². The lowest BCUT2D eigenvalue weighted by Gasteiger charge is -2.27. The summed E-state index contributed by atoms with van der Waals surface area (Å²) in [7, 11) is 1.66. The summed E-state index contributed by atoms with van der Waals surface area (Å²) in [4.78, 5) is 0. The zero-order valence-corrected chi connectivity index (χ0v) is 9.71. The minimum atomic E-state index is 0.377. The van der Waals surface area contributed by atoms with E-state index < -0.39 is 0 Å². The molecule has 1 saturated carbocycles. The number of hydrogen-bond acceptors (Lipinski definition) is 2. The summed E-state index contributed by atoms with van der Waals surface area (Å²) < 4.78 is 12.0. The molecule has 1 aromatic carbocycles. The van der Waals surface area contributed by atoms with E-state index in [1.54, 1.807) is 7.11 Å². The molecule has 0 aliphatic heterocycles. The third-order valence-electron chi connectivity index (χ3n) is 2.49. The van der Waals surface area contributed by atoms with Crippen LogP contribution in [-0.4, -0.2) is 13.2 Å². The lowest BCUT2D eigenvalue weighted by molar-refractivity contribution is 0.115. The van der Waals surface area contributed by atoms with E-state index in [-0.39, 0.29) is 0 Å². The molecule has 0 heterocycles. The summed E-state index contributed by atoms with van der Waals surface area (Å²) >= 11 is 3.46. The highest BCUT2D eigenvalue weighted by molar-refractivity contribution is 9.10. The summed E-state index contributed by atoms with van der Waals surface area (Å²) in [6.45, 7) is 0. The smallest absolute Gasteiger partial charge is 0.175 e. The number of methoxy groups -OCH3 is 1. The zero-order chi connectivity index (χ0) is 9.97. The Hall–Kier alpha value is -0.700. The van der Waals surface area contributed by atoms with Crippen molar-refractivity contribution in [2.45, 2.75) is 25.4 Å². The van der Waals surface area contributed by atoms with Crippen LogP contribution in [0.25, 0.3) is 0 Å². The Morgan fingerprint density at radius 2 is 2.14 bits per heavy atom. The van der Waals surface area contributed by atoms with Crippen molar-refractivity contribution in [2.75, 3.05) is 7.11 Å². The van der Waals surface area contributed by atoms with Gasteiger partial charge in [0.05, 0.1) is 17.7 Å². The Kier molecular flexibility index (Phi) is 2.96. The number of para-hydroxylation sites is 1. The molecule has 2 rings (SSSR count). The van der Waals surface area contributed by atoms with Crippen LogP contribution in [0.3, 0.4) is 0 Å². The molecule has 3 heteroatoms. The molecule has 0 bridgehead atoms. The van der Waals surface area contributed by atoms with Gasteiger partial charge in [0.25, 0.3) is 0 Å². The molecule has 0 radical (unpaired) electrons. The quantitative estimate of drug-likeness (QED) is 0.826. The van der Waals surface area contributed by atoms with Gasteiger partial charge < -0.3 is 9.47 Å². The summed E-state index contributed by atoms with van der Waals surface area (Å²) in [5, 5.41) is 0. The molecule has 1 aliphatic rings. The number of benzene rings is 1. The minimum Gasteiger partial charge on any atom is -0.493 e. The van der Waals surface area contributed by atoms with Crippen molar-refractivity contribution in [1.29, 1.82) is 0 Å². The van der Waals surface area contributed by atoms with Gasteiger partial charge >= 0.3 is 0 Å². The first-order valence-corrected chi connectivity index (χ1v) is 5.59. The summed E-state index contributed by atoms with van der Waals surface area (Å²) in [5.41, 5.74) is 0. The van der Waals surface area contributed by atoms with Crippen molar-refractivity contribution in [1.82, 2.24) is 0 Å². The molecule has 1 aromatic rings. The van der Waals surface area contributed by atoms with E-state index >= 15 is 0 Å². The van der Waals surface area contributed by atoms with Gasteiger partial charge in [0.1, 0.15) is 0 Å². The SMILES string of the molecule is COc1cccc(Br)c1OC1CCC1. The van der Waals surface area contributed by atoms with E-state index in [1.165, 1.54) is 6.42 Å². The Morgan fingerprint density at radius 1 is 1.36 bits per heavy atom. The van der Waals surface area contributed by atoms with Gasteiger partial charge in [-0.25, -0.2) is 0 Å². The Bertz CT molecular complexity index is 321. The molecular weight excluding hydrogens is 244 g/mol. The number of hydrogen-bond donors (Lipinski definition) is 0. The Labute approximate surface area is 92.3 Å². The molecule has 14 heavy (non-hydrogen) atoms. The van der Waals surface area contributed by atoms with Crippen LogP contribution < -0.4 is 9.47 Å². The molecule has 0 unspecified atom stereocenters. The Balaban J connectivity index is 2.19. The van der Waals surface area contributed by atoms with E-state index in [2.05, 4.69) is 15.9 Å². The first-order valence-electron chi connectivity index (χ1n) is 4.80. The average molecular weight is 257 g/mol. The molecule has 1 aliphatic carbocycles. The summed E-state index contributed by atoms with van der Waals surface area (Å²) in [6, 6.07) is 5.83. The normalized spacial score (nSPS) is 16.1. The molecule has 0 atom stereocenters. The van der Waals surface area contributed by atoms with Crippen molar-refractivity contribution in [2.24, 2.45) is 0 Å². The molecule has 0 saturated heterocycles. The van der Waals surface area contributed by atoms with Gasteiger partial charge in [-0.15, -0.1) is 0 Å². The van der Waals surface area contributed by atoms with Gasteiger partial charge in [0, 0.05) is 0 Å². The van der Waals surface area contributed by atoms with E-state index in [0.29, 0.717) is 6.10 Å². The van der Waals surface area contributed by atoms with Crippen LogP contribution >= 0.6 is 15.9 Å². The second-order valence-corrected chi connectivity index (χ2v) is 4.30. The lowest BCUT2D eigenvalue weighted by Crippen LogP contribution is -2.24. The van der Waals surface area contributed by atoms with E-state index in [4.69, 9.17) is 9.47 Å². The zero-order valence-electron chi connectivity index (χ0n) is 8.13. The standard InChI is InChI=1S/C11H13BrO2/c1-13-10-7-3-6-9(12)11(10)14-8-4-2-5-8/h3,6-8H,2,4-5H2,1H3. The number of halogens is 1. The topological polar surface area (TPSA) is 18.5 Å². The highest BCUT2D eigenvalue weighted by Crippen LogP contribution is 2.38. The van der Waals surface area contributed by atoms with Crippen molar-refractivity contribution in [3.63, 3.8) is 0 Å². The second-order valence-electron chi connectivity index (χ2n) is 3.44. The fourth-order valence-electron chi connectivity index (χ4n) is 1.42. The number of ether oxygens (including phenoxy) is 2. The van der Waals surface area contributed by atoms with Gasteiger partial charge in [-0.2, -0.15) is 0 Å². The maximum Gasteiger partial charge on any atom is 0.175 e. The second kappa shape index (κ2) is 4.22. The van der Waals surface area contributed by atoms with Crippen LogP contribution in [-0.2, 0) is 0 Å². The average Bonchev–Trinajstić information content (AvgIpc) is 2.12. The monoisotopic (exact) mass is 256 g/mol. The molecule has 0 amide bonds. The largest absolute Gasteiger partial charge is 0.493 e. The molecule has 76 valence electrons. The van der Waals surface area contributed by atoms with Crippen LogP contribution in [0.5, 0.6) is 11.5 Å². The van der Waals surface area contributed by atoms with Crippen LogP contribution in [0.2, 0.25) is 0 Å². The van der Waals surface area contributed by atoms with Crippen LogP contribution in [0.4, 0.5) is 0 Å². The summed E-state index contributed by atoms with van der Waals surface area (Å²) in [5.74, 6) is 1.63. The highest BCUT2D eigenvalue weighted by atomic mass is 79.9. The van der Waals surface area contributed by atoms with E-state index in [0.717, 1.165) is 28.8 Å². The van der Waals surface area contributed by atoms with Crippen molar-refractivity contribution < 1.29 is 9.47 Å². The predicted octanol–water partition coefficient (Wildman–Crippen LogP) is 3.39. The minimum absolute atomic E-state index is 0.377. The van der Waals surface area contributed by atoms with E-state index in [1.807, 2.05) is 18.2 Å². The third kappa shape index (κ3) is 1.87. The summed E-state index contributed by atoms with van der Waals surface area (Å²) in [6.07, 6.45) is 3.97. The van der Waals surface area contributed by atoms with Crippen LogP contribution in [0.15, 0.2) is 22.7 Å². The van der Waals surface area contributed by atoms with Crippen LogP contribution in [0, 0.1) is 0 Å². The molecule has 2 nitrogen and oxygen atoms in total. The fraction of sp³-hybridized carbons (Fsp3) is 0.455. The molecule has 0 spiro atoms. The van der Waals surface area contributed by atoms with Gasteiger partial charge in [0.15, 0.2) is 11.5 Å². The molecule has 1 fully saturated rings. The van der Waals surface area contributed by atoms with Gasteiger partial charge in [-0.1, -0.05) is 6.07 Å². The van der Waals surface area contributed by atoms with Crippen molar-refractivity contribution in [3.05, 3.63) is 22.7 Å². The van der Waals surface area contributed by atoms with Gasteiger partial charge in [-0.05, 0) is 47.3 Å². The first-order chi connectivity index (χ1) is 6.81. The predicted molar refractivity (Wildman–Crippen MR) is 59.0 cm³/mol. The fourth-order valence-corrected chi connectivity index (χ4v) is 1.86. The maximum atomic E-state index is 5.83. The highest BCUT2D eigenvalue weighted by Gasteiger charge is 2.21. The van der Waals surface area contributed by atoms with Gasteiger partial charge in [0.2, 0.25) is 0 Å². The molecular formula is C11H13BrO2. The third-order valence-corrected chi connectivity index (χ3v) is 3.11. The number of rotatable bonds is 3. The molecule has 0 aromatic heterocycles. The van der Waals surface area contributed by atoms with Gasteiger partial charge in [-0.3, -0.25) is 0 Å². The Morgan fingerprint density at radius 3 is 2.71 bits per heavy atom. The van der Waals surface area contributed by atoms with Crippen LogP contribution in [0.1, 0.15) is 19.3 Å². The van der Waals surface area contributed by atoms with E-state index in [9.17, 15) is 0 Å². The van der Waals surface area contributed by atoms with Crippen molar-refractivity contribution in [3.8, 4) is 11.5 Å². The first kappa shape index (κ1) is 9.84. The maximum absolute atomic E-state index is 5.83. The molecule has 0 N–H and O–H groups in total.